The molecule has 0 bridgehead atoms. The molecule has 1 aromatic rings. The highest BCUT2D eigenvalue weighted by Gasteiger charge is 2.01. The fraction of sp³-hybridized carbons (Fsp3) is 0.200. The standard InChI is InChI=1S/C10H9NO/c1-2-5-10(12)8-9-6-3-4-7-11-9/h1,3-4,6-7H,5,8H2. The first kappa shape index (κ1) is 8.48. The maximum Gasteiger partial charge on any atom is 0.150 e. The number of hydrogen-bond donors (Lipinski definition) is 0. The van der Waals surface area contributed by atoms with Crippen LogP contribution in [0, 0.1) is 12.3 Å². The lowest BCUT2D eigenvalue weighted by molar-refractivity contribution is -0.117. The highest BCUT2D eigenvalue weighted by molar-refractivity contribution is 5.82. The first-order valence-corrected chi connectivity index (χ1v) is 3.68. The quantitative estimate of drug-likeness (QED) is 0.620. The van der Waals surface area contributed by atoms with E-state index >= 15 is 0 Å². The molecule has 0 aliphatic rings. The Labute approximate surface area is 71.6 Å². The van der Waals surface area contributed by atoms with Crippen molar-refractivity contribution in [1.82, 2.24) is 4.98 Å². The Morgan fingerprint density at radius 1 is 1.58 bits per heavy atom. The van der Waals surface area contributed by atoms with Gasteiger partial charge in [-0.15, -0.1) is 6.42 Å². The van der Waals surface area contributed by atoms with Crippen LogP contribution in [-0.4, -0.2) is 10.8 Å². The highest BCUT2D eigenvalue weighted by atomic mass is 16.1. The number of carbonyl (C=O) groups is 1. The van der Waals surface area contributed by atoms with E-state index in [1.165, 1.54) is 0 Å². The van der Waals surface area contributed by atoms with Crippen LogP contribution >= 0.6 is 0 Å². The van der Waals surface area contributed by atoms with Crippen molar-refractivity contribution in [2.24, 2.45) is 0 Å². The number of pyridine rings is 1. The predicted octanol–water partition coefficient (Wildman–Crippen LogP) is 1.22. The van der Waals surface area contributed by atoms with Crippen LogP contribution in [0.25, 0.3) is 0 Å². The number of aromatic nitrogens is 1. The van der Waals surface area contributed by atoms with Gasteiger partial charge in [-0.2, -0.15) is 0 Å². The van der Waals surface area contributed by atoms with Crippen LogP contribution in [0.4, 0.5) is 0 Å². The van der Waals surface area contributed by atoms with Gasteiger partial charge in [0, 0.05) is 18.3 Å². The maximum absolute atomic E-state index is 11.0. The van der Waals surface area contributed by atoms with Crippen molar-refractivity contribution in [2.45, 2.75) is 12.8 Å². The van der Waals surface area contributed by atoms with Crippen LogP contribution in [0.3, 0.4) is 0 Å². The molecule has 60 valence electrons. The number of ketones is 1. The summed E-state index contributed by atoms with van der Waals surface area (Å²) in [6.45, 7) is 0. The molecular formula is C10H9NO. The Morgan fingerprint density at radius 3 is 3.00 bits per heavy atom. The van der Waals surface area contributed by atoms with E-state index in [-0.39, 0.29) is 12.2 Å². The fourth-order valence-electron chi connectivity index (χ4n) is 0.881. The number of carbonyl (C=O) groups excluding carboxylic acids is 1. The number of nitrogens with zero attached hydrogens (tertiary/aromatic N) is 1. The average Bonchev–Trinajstić information content (AvgIpc) is 2.06. The lowest BCUT2D eigenvalue weighted by Gasteiger charge is -1.95. The van der Waals surface area contributed by atoms with Crippen molar-refractivity contribution >= 4 is 5.78 Å². The number of rotatable bonds is 3. The molecule has 0 radical (unpaired) electrons. The van der Waals surface area contributed by atoms with Crippen molar-refractivity contribution < 1.29 is 4.79 Å². The minimum absolute atomic E-state index is 0.0381. The monoisotopic (exact) mass is 159 g/mol. The molecule has 0 atom stereocenters. The first-order chi connectivity index (χ1) is 5.83. The second-order valence-electron chi connectivity index (χ2n) is 2.42. The minimum Gasteiger partial charge on any atom is -0.298 e. The molecule has 1 heterocycles. The molecule has 0 aromatic carbocycles. The summed E-state index contributed by atoms with van der Waals surface area (Å²) in [7, 11) is 0. The smallest absolute Gasteiger partial charge is 0.150 e. The largest absolute Gasteiger partial charge is 0.298 e. The third-order valence-corrected chi connectivity index (χ3v) is 1.40. The summed E-state index contributed by atoms with van der Waals surface area (Å²) >= 11 is 0. The van der Waals surface area contributed by atoms with E-state index in [1.807, 2.05) is 18.2 Å². The van der Waals surface area contributed by atoms with Gasteiger partial charge >= 0.3 is 0 Å². The van der Waals surface area contributed by atoms with E-state index in [0.29, 0.717) is 6.42 Å². The number of Topliss-reactive ketones (excluding diaryl/α,β-unsaturated/α-hetero) is 1. The molecule has 0 aliphatic heterocycles. The molecule has 0 fully saturated rings. The second-order valence-corrected chi connectivity index (χ2v) is 2.42. The second kappa shape index (κ2) is 4.30. The van der Waals surface area contributed by atoms with Crippen LogP contribution in [0.5, 0.6) is 0 Å². The Balaban J connectivity index is 2.54. The van der Waals surface area contributed by atoms with E-state index < -0.39 is 0 Å². The van der Waals surface area contributed by atoms with Crippen molar-refractivity contribution in [2.75, 3.05) is 0 Å². The molecule has 0 aliphatic carbocycles. The summed E-state index contributed by atoms with van der Waals surface area (Å²) in [5, 5.41) is 0. The lowest BCUT2D eigenvalue weighted by atomic mass is 10.1. The van der Waals surface area contributed by atoms with Gasteiger partial charge in [-0.25, -0.2) is 0 Å². The van der Waals surface area contributed by atoms with Crippen LogP contribution in [0.15, 0.2) is 24.4 Å². The average molecular weight is 159 g/mol. The van der Waals surface area contributed by atoms with Crippen LogP contribution in [0.1, 0.15) is 12.1 Å². The van der Waals surface area contributed by atoms with Gasteiger partial charge in [-0.3, -0.25) is 9.78 Å². The summed E-state index contributed by atoms with van der Waals surface area (Å²) < 4.78 is 0. The van der Waals surface area contributed by atoms with Gasteiger partial charge in [0.15, 0.2) is 5.78 Å². The molecule has 0 unspecified atom stereocenters. The van der Waals surface area contributed by atoms with Crippen molar-refractivity contribution in [3.8, 4) is 12.3 Å². The summed E-state index contributed by atoms with van der Waals surface area (Å²) in [5.74, 6) is 2.35. The zero-order valence-corrected chi connectivity index (χ0v) is 6.66. The van der Waals surface area contributed by atoms with Crippen LogP contribution in [-0.2, 0) is 11.2 Å². The molecule has 0 amide bonds. The number of terminal acetylenes is 1. The van der Waals surface area contributed by atoms with Crippen molar-refractivity contribution in [1.29, 1.82) is 0 Å². The van der Waals surface area contributed by atoms with Crippen molar-refractivity contribution in [3.05, 3.63) is 30.1 Å². The molecule has 1 rings (SSSR count). The van der Waals surface area contributed by atoms with Gasteiger partial charge in [0.05, 0.1) is 6.42 Å². The molecule has 12 heavy (non-hydrogen) atoms. The van der Waals surface area contributed by atoms with E-state index in [1.54, 1.807) is 6.20 Å². The van der Waals surface area contributed by atoms with Crippen molar-refractivity contribution in [3.63, 3.8) is 0 Å². The third-order valence-electron chi connectivity index (χ3n) is 1.40. The highest BCUT2D eigenvalue weighted by Crippen LogP contribution is 1.96. The maximum atomic E-state index is 11.0. The molecule has 1 aromatic heterocycles. The van der Waals surface area contributed by atoms with Gasteiger partial charge in [-0.05, 0) is 12.1 Å². The zero-order chi connectivity index (χ0) is 8.81. The van der Waals surface area contributed by atoms with Crippen LogP contribution in [0.2, 0.25) is 0 Å². The van der Waals surface area contributed by atoms with E-state index in [2.05, 4.69) is 10.9 Å². The van der Waals surface area contributed by atoms with E-state index in [0.717, 1.165) is 5.69 Å². The molecular weight excluding hydrogens is 150 g/mol. The van der Waals surface area contributed by atoms with Crippen LogP contribution < -0.4 is 0 Å². The SMILES string of the molecule is C#CCC(=O)Cc1ccccn1. The van der Waals surface area contributed by atoms with E-state index in [4.69, 9.17) is 6.42 Å². The molecule has 2 heteroatoms. The van der Waals surface area contributed by atoms with Gasteiger partial charge in [0.2, 0.25) is 0 Å². The molecule has 0 spiro atoms. The van der Waals surface area contributed by atoms with Gasteiger partial charge in [-0.1, -0.05) is 12.0 Å². The summed E-state index contributed by atoms with van der Waals surface area (Å²) in [5.41, 5.74) is 0.776. The topological polar surface area (TPSA) is 30.0 Å². The normalized spacial score (nSPS) is 8.92. The minimum atomic E-state index is 0.0381. The molecule has 2 nitrogen and oxygen atoms in total. The Bertz CT molecular complexity index is 297. The summed E-state index contributed by atoms with van der Waals surface area (Å²) in [6.07, 6.45) is 7.19. The fourth-order valence-corrected chi connectivity index (χ4v) is 0.881. The van der Waals surface area contributed by atoms with Gasteiger partial charge in [0.25, 0.3) is 0 Å². The third kappa shape index (κ3) is 2.55. The Hall–Kier alpha value is -1.62. The molecule has 0 saturated heterocycles. The Kier molecular flexibility index (Phi) is 3.04. The van der Waals surface area contributed by atoms with E-state index in [9.17, 15) is 4.79 Å². The molecule has 0 saturated carbocycles. The molecule has 0 N–H and O–H groups in total. The number of hydrogen-bond acceptors (Lipinski definition) is 2. The summed E-state index contributed by atoms with van der Waals surface area (Å²) in [6, 6.07) is 5.48. The lowest BCUT2D eigenvalue weighted by Crippen LogP contribution is -2.02. The first-order valence-electron chi connectivity index (χ1n) is 3.68. The predicted molar refractivity (Wildman–Crippen MR) is 46.4 cm³/mol. The zero-order valence-electron chi connectivity index (χ0n) is 6.66. The van der Waals surface area contributed by atoms with Gasteiger partial charge < -0.3 is 0 Å². The van der Waals surface area contributed by atoms with Gasteiger partial charge in [0.1, 0.15) is 0 Å². The summed E-state index contributed by atoms with van der Waals surface area (Å²) in [4.78, 5) is 15.0. The Morgan fingerprint density at radius 2 is 2.42 bits per heavy atom.